The zero-order valence-corrected chi connectivity index (χ0v) is 17.7. The smallest absolute Gasteiger partial charge is 0.291 e. The van der Waals surface area contributed by atoms with Gasteiger partial charge in [-0.15, -0.1) is 11.8 Å². The Kier molecular flexibility index (Phi) is 6.40. The molecule has 30 heavy (non-hydrogen) atoms. The fraction of sp³-hybridized carbons (Fsp3) is 0.304. The second-order valence-electron chi connectivity index (χ2n) is 7.24. The molecule has 0 bridgehead atoms. The highest BCUT2D eigenvalue weighted by molar-refractivity contribution is 7.99. The lowest BCUT2D eigenvalue weighted by Gasteiger charge is -2.26. The second-order valence-corrected chi connectivity index (χ2v) is 8.22. The first-order chi connectivity index (χ1) is 14.6. The van der Waals surface area contributed by atoms with Crippen LogP contribution in [0.3, 0.4) is 0 Å². The number of ether oxygens (including phenoxy) is 1. The minimum absolute atomic E-state index is 0.157. The van der Waals surface area contributed by atoms with Crippen molar-refractivity contribution in [3.8, 4) is 0 Å². The summed E-state index contributed by atoms with van der Waals surface area (Å²) >= 11 is 1.54. The first-order valence-electron chi connectivity index (χ1n) is 9.93. The SMILES string of the molecule is Cc1cccc(CSCC(=O)Nc2c(C(=O)N3CCOCC3)oc3ccccc23)c1. The minimum atomic E-state index is -0.225. The number of aryl methyl sites for hydroxylation is 1. The maximum atomic E-state index is 13.0. The van der Waals surface area contributed by atoms with Gasteiger partial charge in [-0.05, 0) is 24.6 Å². The average Bonchev–Trinajstić information content (AvgIpc) is 3.12. The van der Waals surface area contributed by atoms with Crippen molar-refractivity contribution in [3.63, 3.8) is 0 Å². The van der Waals surface area contributed by atoms with E-state index in [-0.39, 0.29) is 17.6 Å². The molecule has 1 saturated heterocycles. The van der Waals surface area contributed by atoms with Crippen LogP contribution in [0, 0.1) is 6.92 Å². The van der Waals surface area contributed by atoms with E-state index in [2.05, 4.69) is 30.4 Å². The number of carbonyl (C=O) groups is 2. The molecule has 1 aliphatic rings. The van der Waals surface area contributed by atoms with Gasteiger partial charge in [-0.1, -0.05) is 42.0 Å². The van der Waals surface area contributed by atoms with Gasteiger partial charge in [-0.3, -0.25) is 9.59 Å². The van der Waals surface area contributed by atoms with Gasteiger partial charge < -0.3 is 19.4 Å². The topological polar surface area (TPSA) is 71.8 Å². The number of anilines is 1. The molecule has 0 atom stereocenters. The molecule has 0 unspecified atom stereocenters. The van der Waals surface area contributed by atoms with Gasteiger partial charge in [0, 0.05) is 24.2 Å². The summed E-state index contributed by atoms with van der Waals surface area (Å²) in [4.78, 5) is 27.4. The van der Waals surface area contributed by atoms with E-state index in [0.29, 0.717) is 43.3 Å². The summed E-state index contributed by atoms with van der Waals surface area (Å²) in [5, 5.41) is 3.65. The summed E-state index contributed by atoms with van der Waals surface area (Å²) in [5.74, 6) is 0.835. The predicted molar refractivity (Wildman–Crippen MR) is 119 cm³/mol. The van der Waals surface area contributed by atoms with Crippen molar-refractivity contribution in [2.75, 3.05) is 37.4 Å². The van der Waals surface area contributed by atoms with Crippen LogP contribution in [0.1, 0.15) is 21.7 Å². The summed E-state index contributed by atoms with van der Waals surface area (Å²) < 4.78 is 11.2. The number of amides is 2. The van der Waals surface area contributed by atoms with E-state index in [9.17, 15) is 9.59 Å². The third-order valence-electron chi connectivity index (χ3n) is 4.94. The summed E-state index contributed by atoms with van der Waals surface area (Å²) in [6.45, 7) is 4.08. The number of nitrogens with one attached hydrogen (secondary N) is 1. The van der Waals surface area contributed by atoms with Crippen LogP contribution in [0.5, 0.6) is 0 Å². The number of rotatable bonds is 6. The fourth-order valence-electron chi connectivity index (χ4n) is 3.47. The van der Waals surface area contributed by atoms with E-state index >= 15 is 0 Å². The van der Waals surface area contributed by atoms with Crippen LogP contribution in [-0.4, -0.2) is 48.8 Å². The minimum Gasteiger partial charge on any atom is -0.449 e. The molecule has 2 heterocycles. The molecular weight excluding hydrogens is 400 g/mol. The first-order valence-corrected chi connectivity index (χ1v) is 11.1. The Morgan fingerprint density at radius 2 is 1.90 bits per heavy atom. The molecule has 4 rings (SSSR count). The molecule has 1 fully saturated rings. The lowest BCUT2D eigenvalue weighted by Crippen LogP contribution is -2.40. The highest BCUT2D eigenvalue weighted by Crippen LogP contribution is 2.32. The standard InChI is InChI=1S/C23H24N2O4S/c1-16-5-4-6-17(13-16)14-30-15-20(26)24-21-18-7-2-3-8-19(18)29-22(21)23(27)25-9-11-28-12-10-25/h2-8,13H,9-12,14-15H2,1H3,(H,24,26). The summed E-state index contributed by atoms with van der Waals surface area (Å²) in [5.41, 5.74) is 3.42. The van der Waals surface area contributed by atoms with Crippen LogP contribution >= 0.6 is 11.8 Å². The van der Waals surface area contributed by atoms with Crippen molar-refractivity contribution in [1.82, 2.24) is 4.90 Å². The first kappa shape index (κ1) is 20.5. The van der Waals surface area contributed by atoms with Crippen LogP contribution < -0.4 is 5.32 Å². The van der Waals surface area contributed by atoms with Crippen molar-refractivity contribution >= 4 is 40.2 Å². The van der Waals surface area contributed by atoms with E-state index in [1.54, 1.807) is 11.0 Å². The molecule has 3 aromatic rings. The molecule has 1 N–H and O–H groups in total. The number of thioether (sulfide) groups is 1. The molecule has 0 aliphatic carbocycles. The monoisotopic (exact) mass is 424 g/mol. The highest BCUT2D eigenvalue weighted by atomic mass is 32.2. The fourth-order valence-corrected chi connectivity index (χ4v) is 4.24. The van der Waals surface area contributed by atoms with Gasteiger partial charge in [0.25, 0.3) is 5.91 Å². The van der Waals surface area contributed by atoms with Crippen molar-refractivity contribution in [1.29, 1.82) is 0 Å². The Morgan fingerprint density at radius 3 is 2.70 bits per heavy atom. The number of para-hydroxylation sites is 1. The number of fused-ring (bicyclic) bond motifs is 1. The summed E-state index contributed by atoms with van der Waals surface area (Å²) in [6.07, 6.45) is 0. The number of nitrogens with zero attached hydrogens (tertiary/aromatic N) is 1. The molecule has 2 amide bonds. The average molecular weight is 425 g/mol. The van der Waals surface area contributed by atoms with Crippen LogP contribution in [0.15, 0.2) is 52.9 Å². The lowest BCUT2D eigenvalue weighted by molar-refractivity contribution is -0.113. The largest absolute Gasteiger partial charge is 0.449 e. The van der Waals surface area contributed by atoms with Crippen LogP contribution in [0.2, 0.25) is 0 Å². The summed E-state index contributed by atoms with van der Waals surface area (Å²) in [6, 6.07) is 15.6. The zero-order chi connectivity index (χ0) is 20.9. The predicted octanol–water partition coefficient (Wildman–Crippen LogP) is 4.09. The van der Waals surface area contributed by atoms with E-state index in [0.717, 1.165) is 11.1 Å². The Bertz CT molecular complexity index is 1060. The third kappa shape index (κ3) is 4.68. The Labute approximate surface area is 179 Å². The van der Waals surface area contributed by atoms with Crippen molar-refractivity contribution in [2.24, 2.45) is 0 Å². The van der Waals surface area contributed by atoms with E-state index in [4.69, 9.17) is 9.15 Å². The zero-order valence-electron chi connectivity index (χ0n) is 16.8. The van der Waals surface area contributed by atoms with E-state index in [1.807, 2.05) is 24.3 Å². The Balaban J connectivity index is 1.48. The van der Waals surface area contributed by atoms with Gasteiger partial charge in [0.05, 0.1) is 19.0 Å². The summed E-state index contributed by atoms with van der Waals surface area (Å²) in [7, 11) is 0. The van der Waals surface area contributed by atoms with E-state index in [1.165, 1.54) is 22.9 Å². The molecule has 156 valence electrons. The maximum absolute atomic E-state index is 13.0. The molecule has 0 saturated carbocycles. The van der Waals surface area contributed by atoms with Gasteiger partial charge in [-0.25, -0.2) is 0 Å². The van der Waals surface area contributed by atoms with E-state index < -0.39 is 0 Å². The van der Waals surface area contributed by atoms with Gasteiger partial charge in [0.1, 0.15) is 11.3 Å². The molecule has 2 aromatic carbocycles. The number of hydrogen-bond acceptors (Lipinski definition) is 5. The number of benzene rings is 2. The van der Waals surface area contributed by atoms with Crippen molar-refractivity contribution in [2.45, 2.75) is 12.7 Å². The molecule has 1 aliphatic heterocycles. The Hall–Kier alpha value is -2.77. The van der Waals surface area contributed by atoms with Gasteiger partial charge in [-0.2, -0.15) is 0 Å². The van der Waals surface area contributed by atoms with Crippen LogP contribution in [0.25, 0.3) is 11.0 Å². The van der Waals surface area contributed by atoms with Crippen LogP contribution in [-0.2, 0) is 15.3 Å². The van der Waals surface area contributed by atoms with Crippen LogP contribution in [0.4, 0.5) is 5.69 Å². The van der Waals surface area contributed by atoms with Gasteiger partial charge >= 0.3 is 0 Å². The Morgan fingerprint density at radius 1 is 1.10 bits per heavy atom. The number of hydrogen-bond donors (Lipinski definition) is 1. The lowest BCUT2D eigenvalue weighted by atomic mass is 10.2. The number of furan rings is 1. The second kappa shape index (κ2) is 9.36. The maximum Gasteiger partial charge on any atom is 0.291 e. The quantitative estimate of drug-likeness (QED) is 0.645. The molecule has 6 nitrogen and oxygen atoms in total. The van der Waals surface area contributed by atoms with Crippen molar-refractivity contribution in [3.05, 3.63) is 65.4 Å². The molecule has 1 aromatic heterocycles. The number of morpholine rings is 1. The molecule has 0 radical (unpaired) electrons. The molecule has 7 heteroatoms. The highest BCUT2D eigenvalue weighted by Gasteiger charge is 2.27. The van der Waals surface area contributed by atoms with Gasteiger partial charge in [0.15, 0.2) is 0 Å². The normalized spacial score (nSPS) is 14.1. The molecular formula is C23H24N2O4S. The number of carbonyl (C=O) groups excluding carboxylic acids is 2. The molecule has 0 spiro atoms. The van der Waals surface area contributed by atoms with Crippen molar-refractivity contribution < 1.29 is 18.7 Å². The third-order valence-corrected chi connectivity index (χ3v) is 5.94. The van der Waals surface area contributed by atoms with Gasteiger partial charge in [0.2, 0.25) is 11.7 Å².